The topological polar surface area (TPSA) is 55.8 Å². The summed E-state index contributed by atoms with van der Waals surface area (Å²) in [4.78, 5) is 11.0. The Morgan fingerprint density at radius 1 is 1.14 bits per heavy atom. The van der Waals surface area contributed by atoms with Crippen LogP contribution in [-0.2, 0) is 6.42 Å². The molecule has 0 spiro atoms. The summed E-state index contributed by atoms with van der Waals surface area (Å²) in [6.07, 6.45) is 0.751. The second-order valence-corrected chi connectivity index (χ2v) is 4.73. The lowest BCUT2D eigenvalue weighted by molar-refractivity contribution is 0.0696. The average molecular weight is 286 g/mol. The first-order valence-corrected chi connectivity index (χ1v) is 6.70. The van der Waals surface area contributed by atoms with Gasteiger partial charge in [0.2, 0.25) is 0 Å². The lowest BCUT2D eigenvalue weighted by Gasteiger charge is -2.10. The average Bonchev–Trinajstić information content (AvgIpc) is 2.49. The van der Waals surface area contributed by atoms with Gasteiger partial charge in [-0.15, -0.1) is 0 Å². The Bertz CT molecular complexity index is 617. The molecule has 21 heavy (non-hydrogen) atoms. The van der Waals surface area contributed by atoms with Crippen LogP contribution in [0.5, 0.6) is 11.5 Å². The Labute approximate surface area is 123 Å². The smallest absolute Gasteiger partial charge is 0.335 e. The zero-order valence-electron chi connectivity index (χ0n) is 12.1. The molecule has 0 amide bonds. The van der Waals surface area contributed by atoms with Gasteiger partial charge in [0.15, 0.2) is 0 Å². The molecule has 0 bridgehead atoms. The van der Waals surface area contributed by atoms with E-state index in [0.29, 0.717) is 12.4 Å². The molecule has 0 aliphatic carbocycles. The van der Waals surface area contributed by atoms with Gasteiger partial charge in [-0.3, -0.25) is 0 Å². The maximum atomic E-state index is 11.0. The predicted octanol–water partition coefficient (Wildman–Crippen LogP) is 3.32. The highest BCUT2D eigenvalue weighted by atomic mass is 16.5. The van der Waals surface area contributed by atoms with E-state index < -0.39 is 5.97 Å². The van der Waals surface area contributed by atoms with Crippen molar-refractivity contribution in [1.82, 2.24) is 0 Å². The molecule has 0 fully saturated rings. The molecule has 4 nitrogen and oxygen atoms in total. The summed E-state index contributed by atoms with van der Waals surface area (Å²) in [6, 6.07) is 12.7. The SMILES string of the molecule is COc1ccc(CCOc2cc(C(=O)O)ccc2C)cc1. The third-order valence-corrected chi connectivity index (χ3v) is 3.24. The predicted molar refractivity (Wildman–Crippen MR) is 80.3 cm³/mol. The fraction of sp³-hybridized carbons (Fsp3) is 0.235. The molecular weight excluding hydrogens is 268 g/mol. The minimum Gasteiger partial charge on any atom is -0.497 e. The minimum absolute atomic E-state index is 0.236. The number of aromatic carboxylic acids is 1. The Morgan fingerprint density at radius 2 is 1.86 bits per heavy atom. The largest absolute Gasteiger partial charge is 0.497 e. The standard InChI is InChI=1S/C17H18O4/c1-12-3-6-14(17(18)19)11-16(12)21-10-9-13-4-7-15(20-2)8-5-13/h3-8,11H,9-10H2,1-2H3,(H,18,19). The van der Waals surface area contributed by atoms with E-state index in [4.69, 9.17) is 14.6 Å². The fourth-order valence-corrected chi connectivity index (χ4v) is 1.96. The van der Waals surface area contributed by atoms with Gasteiger partial charge in [0.25, 0.3) is 0 Å². The number of aryl methyl sites for hydroxylation is 1. The summed E-state index contributed by atoms with van der Waals surface area (Å²) in [5.41, 5.74) is 2.30. The van der Waals surface area contributed by atoms with E-state index in [1.165, 1.54) is 0 Å². The summed E-state index contributed by atoms with van der Waals surface area (Å²) in [5.74, 6) is 0.489. The summed E-state index contributed by atoms with van der Waals surface area (Å²) in [6.45, 7) is 2.39. The highest BCUT2D eigenvalue weighted by Gasteiger charge is 2.07. The highest BCUT2D eigenvalue weighted by Crippen LogP contribution is 2.20. The van der Waals surface area contributed by atoms with Crippen molar-refractivity contribution in [3.63, 3.8) is 0 Å². The van der Waals surface area contributed by atoms with Gasteiger partial charge in [-0.1, -0.05) is 18.2 Å². The second-order valence-electron chi connectivity index (χ2n) is 4.73. The lowest BCUT2D eigenvalue weighted by atomic mass is 10.1. The molecule has 0 aromatic heterocycles. The molecular formula is C17H18O4. The van der Waals surface area contributed by atoms with Crippen molar-refractivity contribution in [2.45, 2.75) is 13.3 Å². The minimum atomic E-state index is -0.949. The van der Waals surface area contributed by atoms with Gasteiger partial charge in [0, 0.05) is 6.42 Å². The van der Waals surface area contributed by atoms with Crippen LogP contribution in [0.2, 0.25) is 0 Å². The molecule has 0 aliphatic heterocycles. The first-order valence-electron chi connectivity index (χ1n) is 6.70. The van der Waals surface area contributed by atoms with Crippen LogP contribution in [0.3, 0.4) is 0 Å². The van der Waals surface area contributed by atoms with Crippen molar-refractivity contribution >= 4 is 5.97 Å². The van der Waals surface area contributed by atoms with Crippen molar-refractivity contribution in [1.29, 1.82) is 0 Å². The Hall–Kier alpha value is -2.49. The van der Waals surface area contributed by atoms with Gasteiger partial charge < -0.3 is 14.6 Å². The van der Waals surface area contributed by atoms with Crippen LogP contribution in [0.25, 0.3) is 0 Å². The summed E-state index contributed by atoms with van der Waals surface area (Å²) >= 11 is 0. The number of hydrogen-bond donors (Lipinski definition) is 1. The molecule has 2 rings (SSSR count). The number of hydrogen-bond acceptors (Lipinski definition) is 3. The molecule has 2 aromatic carbocycles. The number of carbonyl (C=O) groups is 1. The van der Waals surface area contributed by atoms with Gasteiger partial charge in [-0.2, -0.15) is 0 Å². The summed E-state index contributed by atoms with van der Waals surface area (Å²) < 4.78 is 10.8. The molecule has 0 aliphatic rings. The summed E-state index contributed by atoms with van der Waals surface area (Å²) in [7, 11) is 1.64. The van der Waals surface area contributed by atoms with Crippen molar-refractivity contribution < 1.29 is 19.4 Å². The molecule has 4 heteroatoms. The van der Waals surface area contributed by atoms with Crippen molar-refractivity contribution in [3.8, 4) is 11.5 Å². The third kappa shape index (κ3) is 3.99. The molecule has 0 atom stereocenters. The van der Waals surface area contributed by atoms with Crippen LogP contribution in [0.1, 0.15) is 21.5 Å². The number of rotatable bonds is 6. The quantitative estimate of drug-likeness (QED) is 0.885. The van der Waals surface area contributed by atoms with Crippen molar-refractivity contribution in [3.05, 3.63) is 59.2 Å². The number of ether oxygens (including phenoxy) is 2. The van der Waals surface area contributed by atoms with E-state index in [1.807, 2.05) is 31.2 Å². The molecule has 1 N–H and O–H groups in total. The zero-order chi connectivity index (χ0) is 15.2. The van der Waals surface area contributed by atoms with Gasteiger partial charge in [-0.25, -0.2) is 4.79 Å². The van der Waals surface area contributed by atoms with E-state index in [-0.39, 0.29) is 5.56 Å². The van der Waals surface area contributed by atoms with E-state index in [9.17, 15) is 4.79 Å². The molecule has 110 valence electrons. The van der Waals surface area contributed by atoms with Gasteiger partial charge in [0.05, 0.1) is 19.3 Å². The summed E-state index contributed by atoms with van der Waals surface area (Å²) in [5, 5.41) is 8.99. The molecule has 0 heterocycles. The first-order chi connectivity index (χ1) is 10.1. The maximum Gasteiger partial charge on any atom is 0.335 e. The molecule has 0 unspecified atom stereocenters. The highest BCUT2D eigenvalue weighted by molar-refractivity contribution is 5.88. The van der Waals surface area contributed by atoms with Crippen molar-refractivity contribution in [2.24, 2.45) is 0 Å². The van der Waals surface area contributed by atoms with Crippen LogP contribution >= 0.6 is 0 Å². The van der Waals surface area contributed by atoms with E-state index in [1.54, 1.807) is 25.3 Å². The number of benzene rings is 2. The number of carboxylic acids is 1. The fourth-order valence-electron chi connectivity index (χ4n) is 1.96. The Kier molecular flexibility index (Phi) is 4.82. The van der Waals surface area contributed by atoms with Crippen molar-refractivity contribution in [2.75, 3.05) is 13.7 Å². The van der Waals surface area contributed by atoms with Crippen LogP contribution < -0.4 is 9.47 Å². The monoisotopic (exact) mass is 286 g/mol. The number of methoxy groups -OCH3 is 1. The maximum absolute atomic E-state index is 11.0. The molecule has 0 saturated heterocycles. The van der Waals surface area contributed by atoms with Gasteiger partial charge >= 0.3 is 5.97 Å². The lowest BCUT2D eigenvalue weighted by Crippen LogP contribution is -2.04. The molecule has 0 saturated carbocycles. The Morgan fingerprint density at radius 3 is 2.48 bits per heavy atom. The van der Waals surface area contributed by atoms with Crippen LogP contribution in [0.15, 0.2) is 42.5 Å². The van der Waals surface area contributed by atoms with Gasteiger partial charge in [-0.05, 0) is 42.3 Å². The van der Waals surface area contributed by atoms with E-state index >= 15 is 0 Å². The normalized spacial score (nSPS) is 10.2. The second kappa shape index (κ2) is 6.79. The van der Waals surface area contributed by atoms with Crippen LogP contribution in [0.4, 0.5) is 0 Å². The zero-order valence-corrected chi connectivity index (χ0v) is 12.1. The van der Waals surface area contributed by atoms with E-state index in [2.05, 4.69) is 0 Å². The molecule has 0 radical (unpaired) electrons. The third-order valence-electron chi connectivity index (χ3n) is 3.24. The number of carboxylic acid groups (broad SMARTS) is 1. The Balaban J connectivity index is 1.96. The van der Waals surface area contributed by atoms with E-state index in [0.717, 1.165) is 23.3 Å². The van der Waals surface area contributed by atoms with Crippen LogP contribution in [-0.4, -0.2) is 24.8 Å². The molecule has 2 aromatic rings. The van der Waals surface area contributed by atoms with Crippen LogP contribution in [0, 0.1) is 6.92 Å². The van der Waals surface area contributed by atoms with Gasteiger partial charge in [0.1, 0.15) is 11.5 Å². The first kappa shape index (κ1) is 14.9.